The largest absolute Gasteiger partial charge is 0.457 e. The number of carbonyl (C=O) groups excluding carboxylic acids is 1. The smallest absolute Gasteiger partial charge is 0.416 e. The van der Waals surface area contributed by atoms with Crippen molar-refractivity contribution in [1.29, 1.82) is 0 Å². The Morgan fingerprint density at radius 3 is 2.21 bits per heavy atom. The summed E-state index contributed by atoms with van der Waals surface area (Å²) in [5, 5.41) is 0. The third-order valence-corrected chi connectivity index (χ3v) is 3.33. The molecule has 1 amide bonds. The molecular formula is C15H12F3NO4S. The predicted molar refractivity (Wildman–Crippen MR) is 80.3 cm³/mol. The number of ether oxygens (including phenoxy) is 1. The second-order valence-electron chi connectivity index (χ2n) is 4.86. The molecule has 128 valence electrons. The van der Waals surface area contributed by atoms with Crippen LogP contribution in [-0.2, 0) is 16.2 Å². The van der Waals surface area contributed by atoms with Gasteiger partial charge in [-0.2, -0.15) is 13.2 Å². The van der Waals surface area contributed by atoms with Crippen molar-refractivity contribution in [2.24, 2.45) is 0 Å². The lowest BCUT2D eigenvalue weighted by molar-refractivity contribution is -0.137. The molecule has 9 heteroatoms. The van der Waals surface area contributed by atoms with Crippen LogP contribution in [0, 0.1) is 0 Å². The molecule has 0 radical (unpaired) electrons. The Kier molecular flexibility index (Phi) is 4.83. The second-order valence-corrected chi connectivity index (χ2v) is 6.61. The molecule has 2 rings (SSSR count). The van der Waals surface area contributed by atoms with Crippen LogP contribution in [-0.4, -0.2) is 20.6 Å². The fourth-order valence-corrected chi connectivity index (χ4v) is 2.25. The van der Waals surface area contributed by atoms with Gasteiger partial charge in [0.15, 0.2) is 0 Å². The van der Waals surface area contributed by atoms with Crippen LogP contribution < -0.4 is 9.46 Å². The standard InChI is InChI=1S/C15H12F3NO4S/c1-24(21,22)19-14(20)10-4-2-6-12(8-10)23-13-7-3-5-11(9-13)15(16,17)18/h2-9H,1H3,(H,19,20). The maximum absolute atomic E-state index is 12.7. The minimum absolute atomic E-state index is 0.00935. The summed E-state index contributed by atoms with van der Waals surface area (Å²) in [7, 11) is -3.73. The van der Waals surface area contributed by atoms with Crippen LogP contribution in [0.5, 0.6) is 11.5 Å². The molecule has 0 aliphatic heterocycles. The van der Waals surface area contributed by atoms with Gasteiger partial charge in [-0.05, 0) is 36.4 Å². The van der Waals surface area contributed by atoms with Gasteiger partial charge in [-0.15, -0.1) is 0 Å². The van der Waals surface area contributed by atoms with E-state index in [1.165, 1.54) is 36.4 Å². The van der Waals surface area contributed by atoms with Crippen LogP contribution in [0.2, 0.25) is 0 Å². The molecule has 2 aromatic carbocycles. The highest BCUT2D eigenvalue weighted by Crippen LogP contribution is 2.32. The molecule has 0 saturated heterocycles. The molecule has 2 aromatic rings. The van der Waals surface area contributed by atoms with Crippen molar-refractivity contribution in [1.82, 2.24) is 4.72 Å². The van der Waals surface area contributed by atoms with Gasteiger partial charge in [-0.25, -0.2) is 13.1 Å². The lowest BCUT2D eigenvalue weighted by Gasteiger charge is -2.10. The Balaban J connectivity index is 2.23. The van der Waals surface area contributed by atoms with E-state index in [4.69, 9.17) is 4.74 Å². The van der Waals surface area contributed by atoms with E-state index in [2.05, 4.69) is 0 Å². The van der Waals surface area contributed by atoms with E-state index in [9.17, 15) is 26.4 Å². The third-order valence-electron chi connectivity index (χ3n) is 2.77. The number of nitrogens with one attached hydrogen (secondary N) is 1. The van der Waals surface area contributed by atoms with Crippen molar-refractivity contribution in [2.75, 3.05) is 6.26 Å². The number of halogens is 3. The molecule has 24 heavy (non-hydrogen) atoms. The highest BCUT2D eigenvalue weighted by molar-refractivity contribution is 7.89. The van der Waals surface area contributed by atoms with Gasteiger partial charge in [-0.1, -0.05) is 12.1 Å². The lowest BCUT2D eigenvalue weighted by Crippen LogP contribution is -2.29. The van der Waals surface area contributed by atoms with Crippen molar-refractivity contribution < 1.29 is 31.1 Å². The summed E-state index contributed by atoms with van der Waals surface area (Å²) in [5.74, 6) is -0.840. The molecule has 0 saturated carbocycles. The van der Waals surface area contributed by atoms with Crippen molar-refractivity contribution >= 4 is 15.9 Å². The normalized spacial score (nSPS) is 11.8. The Hall–Kier alpha value is -2.55. The van der Waals surface area contributed by atoms with E-state index in [1.54, 1.807) is 4.72 Å². The van der Waals surface area contributed by atoms with Gasteiger partial charge in [0, 0.05) is 5.56 Å². The topological polar surface area (TPSA) is 72.5 Å². The molecule has 0 fully saturated rings. The first-order valence-electron chi connectivity index (χ1n) is 6.52. The first-order valence-corrected chi connectivity index (χ1v) is 8.41. The molecule has 5 nitrogen and oxygen atoms in total. The van der Waals surface area contributed by atoms with Gasteiger partial charge in [0.25, 0.3) is 5.91 Å². The molecule has 0 aromatic heterocycles. The first kappa shape index (κ1) is 17.8. The number of benzene rings is 2. The summed E-state index contributed by atoms with van der Waals surface area (Å²) in [6.07, 6.45) is -3.68. The summed E-state index contributed by atoms with van der Waals surface area (Å²) in [6, 6.07) is 9.67. The van der Waals surface area contributed by atoms with Crippen molar-refractivity contribution in [2.45, 2.75) is 6.18 Å². The Labute approximate surface area is 136 Å². The lowest BCUT2D eigenvalue weighted by atomic mass is 10.2. The minimum Gasteiger partial charge on any atom is -0.457 e. The van der Waals surface area contributed by atoms with Crippen LogP contribution in [0.4, 0.5) is 13.2 Å². The van der Waals surface area contributed by atoms with E-state index in [1.807, 2.05) is 0 Å². The maximum Gasteiger partial charge on any atom is 0.416 e. The van der Waals surface area contributed by atoms with Gasteiger partial charge in [0.05, 0.1) is 11.8 Å². The summed E-state index contributed by atoms with van der Waals surface area (Å²) in [4.78, 5) is 11.8. The van der Waals surface area contributed by atoms with E-state index in [0.29, 0.717) is 0 Å². The maximum atomic E-state index is 12.7. The van der Waals surface area contributed by atoms with Gasteiger partial charge in [0.1, 0.15) is 11.5 Å². The van der Waals surface area contributed by atoms with Crippen molar-refractivity contribution in [3.8, 4) is 11.5 Å². The molecular weight excluding hydrogens is 347 g/mol. The molecule has 0 heterocycles. The Bertz CT molecular complexity index is 863. The quantitative estimate of drug-likeness (QED) is 0.910. The average molecular weight is 359 g/mol. The first-order chi connectivity index (χ1) is 11.0. The number of amides is 1. The SMILES string of the molecule is CS(=O)(=O)NC(=O)c1cccc(Oc2cccc(C(F)(F)F)c2)c1. The number of rotatable bonds is 4. The molecule has 0 atom stereocenters. The minimum atomic E-state index is -4.50. The van der Waals surface area contributed by atoms with Crippen molar-refractivity contribution in [3.05, 3.63) is 59.7 Å². The van der Waals surface area contributed by atoms with Crippen molar-refractivity contribution in [3.63, 3.8) is 0 Å². The average Bonchev–Trinajstić information content (AvgIpc) is 2.45. The predicted octanol–water partition coefficient (Wildman–Crippen LogP) is 3.19. The number of alkyl halides is 3. The summed E-state index contributed by atoms with van der Waals surface area (Å²) >= 11 is 0. The number of carbonyl (C=O) groups is 1. The molecule has 1 N–H and O–H groups in total. The Morgan fingerprint density at radius 1 is 1.04 bits per heavy atom. The summed E-state index contributed by atoms with van der Waals surface area (Å²) in [5.41, 5.74) is -0.879. The zero-order valence-electron chi connectivity index (χ0n) is 12.3. The fourth-order valence-electron chi connectivity index (χ4n) is 1.80. The van der Waals surface area contributed by atoms with E-state index >= 15 is 0 Å². The van der Waals surface area contributed by atoms with E-state index in [-0.39, 0.29) is 17.1 Å². The van der Waals surface area contributed by atoms with Crippen LogP contribution in [0.3, 0.4) is 0 Å². The number of sulfonamides is 1. The second kappa shape index (κ2) is 6.52. The van der Waals surface area contributed by atoms with Gasteiger partial charge in [0.2, 0.25) is 10.0 Å². The Morgan fingerprint density at radius 2 is 1.62 bits per heavy atom. The molecule has 0 unspecified atom stereocenters. The van der Waals surface area contributed by atoms with Gasteiger partial charge >= 0.3 is 6.18 Å². The number of hydrogen-bond acceptors (Lipinski definition) is 4. The fraction of sp³-hybridized carbons (Fsp3) is 0.133. The highest BCUT2D eigenvalue weighted by atomic mass is 32.2. The zero-order chi connectivity index (χ0) is 18.0. The van der Waals surface area contributed by atoms with E-state index < -0.39 is 27.7 Å². The van der Waals surface area contributed by atoms with E-state index in [0.717, 1.165) is 18.4 Å². The van der Waals surface area contributed by atoms with Crippen LogP contribution in [0.15, 0.2) is 48.5 Å². The molecule has 0 aliphatic rings. The highest BCUT2D eigenvalue weighted by Gasteiger charge is 2.30. The van der Waals surface area contributed by atoms with Crippen LogP contribution in [0.25, 0.3) is 0 Å². The molecule has 0 aliphatic carbocycles. The number of hydrogen-bond donors (Lipinski definition) is 1. The van der Waals surface area contributed by atoms with Gasteiger partial charge in [-0.3, -0.25) is 4.79 Å². The summed E-state index contributed by atoms with van der Waals surface area (Å²) < 4.78 is 67.2. The van der Waals surface area contributed by atoms with Crippen LogP contribution >= 0.6 is 0 Å². The molecule has 0 bridgehead atoms. The van der Waals surface area contributed by atoms with Crippen LogP contribution in [0.1, 0.15) is 15.9 Å². The monoisotopic (exact) mass is 359 g/mol. The third kappa shape index (κ3) is 4.98. The van der Waals surface area contributed by atoms with Gasteiger partial charge < -0.3 is 4.74 Å². The summed E-state index contributed by atoms with van der Waals surface area (Å²) in [6.45, 7) is 0. The molecule has 0 spiro atoms. The zero-order valence-corrected chi connectivity index (χ0v) is 13.1.